The number of rotatable bonds is 21. The fourth-order valence-corrected chi connectivity index (χ4v) is 7.88. The van der Waals surface area contributed by atoms with Gasteiger partial charge in [-0.1, -0.05) is 106 Å². The van der Waals surface area contributed by atoms with Crippen molar-refractivity contribution >= 4 is 41.5 Å². The molecule has 0 aliphatic heterocycles. The Hall–Kier alpha value is -5.83. The number of carbonyl (C=O) groups is 7. The van der Waals surface area contributed by atoms with Crippen molar-refractivity contribution in [3.05, 3.63) is 93.7 Å². The summed E-state index contributed by atoms with van der Waals surface area (Å²) in [4.78, 5) is 92.9. The van der Waals surface area contributed by atoms with E-state index in [1.807, 2.05) is 78.0 Å². The van der Waals surface area contributed by atoms with Gasteiger partial charge in [-0.25, -0.2) is 15.1 Å². The Morgan fingerprint density at radius 1 is 0.686 bits per heavy atom. The lowest BCUT2D eigenvalue weighted by Gasteiger charge is -2.36. The monoisotopic (exact) mass is 975 g/mol. The molecule has 0 bridgehead atoms. The van der Waals surface area contributed by atoms with Gasteiger partial charge in [0.05, 0.1) is 5.60 Å². The highest BCUT2D eigenvalue weighted by atomic mass is 16.7. The Labute approximate surface area is 417 Å². The Bertz CT molecular complexity index is 2180. The number of amides is 4. The van der Waals surface area contributed by atoms with Crippen LogP contribution in [0.2, 0.25) is 0 Å². The van der Waals surface area contributed by atoms with Crippen LogP contribution < -0.4 is 21.4 Å². The second-order valence-electron chi connectivity index (χ2n) is 21.6. The summed E-state index contributed by atoms with van der Waals surface area (Å²) in [6.45, 7) is 29.9. The molecular formula is C55H82N4O11. The minimum atomic E-state index is -0.959. The first-order chi connectivity index (χ1) is 32.3. The number of esters is 3. The van der Waals surface area contributed by atoms with E-state index in [0.29, 0.717) is 36.3 Å². The van der Waals surface area contributed by atoms with Crippen LogP contribution in [0.4, 0.5) is 9.59 Å². The van der Waals surface area contributed by atoms with E-state index >= 15 is 0 Å². The summed E-state index contributed by atoms with van der Waals surface area (Å²) in [7, 11) is 0. The van der Waals surface area contributed by atoms with Crippen molar-refractivity contribution in [2.45, 2.75) is 173 Å². The number of hydrogen-bond donors (Lipinski definition) is 4. The lowest BCUT2D eigenvalue weighted by atomic mass is 9.71. The third kappa shape index (κ3) is 22.3. The standard InChI is InChI=1S/C55H82N4O11/c1-35(25-27-41-39(5)48(63)43(31-54(41,13)14)67-46(61)33-57-50(65)56-29-19-24-45(60)69-52(7,8)9)20-17-22-37(3)30-38(4)23-18-21-36(2)26-28-42-40(6)49(64)44(32-55(42,15)16)68-47(62)34-58-51(66)59-70-53(10,11)12/h18,20-21,23,25-28,30,37,43-44H,17,19,22,24,29,31-34H2,1-16H3,(H2,56,57,65)(H2,58,59,66)/b23-18+,27-25+,28-26+,35-20+,36-21+,38-30+/t37?,43-,44-/m0/s1. The Kier molecular flexibility index (Phi) is 23.2. The molecule has 1 unspecified atom stereocenters. The molecule has 2 rings (SSSR count). The number of nitrogens with one attached hydrogen (secondary N) is 4. The number of hydroxylamine groups is 1. The molecule has 0 radical (unpaired) electrons. The van der Waals surface area contributed by atoms with Gasteiger partial charge in [0, 0.05) is 25.8 Å². The van der Waals surface area contributed by atoms with E-state index in [0.717, 1.165) is 40.7 Å². The van der Waals surface area contributed by atoms with E-state index in [1.54, 1.807) is 55.4 Å². The van der Waals surface area contributed by atoms with Crippen LogP contribution in [0, 0.1) is 16.7 Å². The highest BCUT2D eigenvalue weighted by Gasteiger charge is 2.41. The molecule has 388 valence electrons. The molecule has 2 aliphatic rings. The molecule has 0 aromatic heterocycles. The van der Waals surface area contributed by atoms with Crippen LogP contribution in [-0.4, -0.2) is 84.6 Å². The van der Waals surface area contributed by atoms with Crippen molar-refractivity contribution in [1.82, 2.24) is 21.4 Å². The first-order valence-corrected chi connectivity index (χ1v) is 24.2. The molecule has 70 heavy (non-hydrogen) atoms. The van der Waals surface area contributed by atoms with Crippen molar-refractivity contribution < 1.29 is 52.6 Å². The first kappa shape index (κ1) is 60.3. The van der Waals surface area contributed by atoms with Gasteiger partial charge in [0.25, 0.3) is 0 Å². The summed E-state index contributed by atoms with van der Waals surface area (Å²) in [6, 6.07) is -1.27. The molecule has 0 fully saturated rings. The van der Waals surface area contributed by atoms with Crippen molar-refractivity contribution in [2.75, 3.05) is 19.6 Å². The van der Waals surface area contributed by atoms with E-state index in [4.69, 9.17) is 19.0 Å². The normalized spacial score (nSPS) is 19.7. The van der Waals surface area contributed by atoms with Crippen LogP contribution in [0.1, 0.15) is 149 Å². The molecule has 0 heterocycles. The maximum absolute atomic E-state index is 13.3. The SMILES string of the molecule is CC1=C(/C=C/C(C)=C/CCC(C)/C=C(C)/C=C/C=C(C)/C=C/C2=C(C)C(=O)[C@@H](OC(=O)CNC(=O)NOC(C)(C)C)CC2(C)C)C(C)(C)C[C@H](OC(=O)CNC(=O)NCCCC(=O)OC(C)(C)C)C1=O. The van der Waals surface area contributed by atoms with Crippen molar-refractivity contribution in [2.24, 2.45) is 16.7 Å². The van der Waals surface area contributed by atoms with Gasteiger partial charge in [0.1, 0.15) is 18.7 Å². The Morgan fingerprint density at radius 2 is 1.19 bits per heavy atom. The molecule has 0 spiro atoms. The fraction of sp³-hybridized carbons (Fsp3) is 0.582. The third-order valence-corrected chi connectivity index (χ3v) is 11.4. The van der Waals surface area contributed by atoms with Crippen LogP contribution in [-0.2, 0) is 43.0 Å². The topological polar surface area (TPSA) is 205 Å². The zero-order valence-corrected chi connectivity index (χ0v) is 44.8. The predicted octanol–water partition coefficient (Wildman–Crippen LogP) is 9.82. The summed E-state index contributed by atoms with van der Waals surface area (Å²) in [5, 5.41) is 7.41. The fourth-order valence-electron chi connectivity index (χ4n) is 7.88. The number of Topliss-reactive ketones (excluding diaryl/α,β-unsaturated/α-hetero) is 2. The second-order valence-corrected chi connectivity index (χ2v) is 21.6. The molecule has 15 nitrogen and oxygen atoms in total. The molecule has 0 saturated heterocycles. The zero-order valence-electron chi connectivity index (χ0n) is 44.8. The highest BCUT2D eigenvalue weighted by Crippen LogP contribution is 2.42. The van der Waals surface area contributed by atoms with Crippen molar-refractivity contribution in [1.29, 1.82) is 0 Å². The number of urea groups is 2. The number of carbonyl (C=O) groups excluding carboxylic acids is 7. The molecule has 15 heteroatoms. The van der Waals surface area contributed by atoms with E-state index < -0.39 is 71.3 Å². The first-order valence-electron chi connectivity index (χ1n) is 24.2. The van der Waals surface area contributed by atoms with Crippen LogP contribution in [0.3, 0.4) is 0 Å². The predicted molar refractivity (Wildman–Crippen MR) is 273 cm³/mol. The van der Waals surface area contributed by atoms with Gasteiger partial charge < -0.3 is 30.2 Å². The molecular weight excluding hydrogens is 893 g/mol. The number of allylic oxidation sites excluding steroid dienone is 14. The minimum absolute atomic E-state index is 0.151. The van der Waals surface area contributed by atoms with E-state index in [9.17, 15) is 33.6 Å². The maximum Gasteiger partial charge on any atom is 0.339 e. The minimum Gasteiger partial charge on any atom is -0.460 e. The van der Waals surface area contributed by atoms with E-state index in [2.05, 4.69) is 53.5 Å². The van der Waals surface area contributed by atoms with E-state index in [1.165, 1.54) is 0 Å². The highest BCUT2D eigenvalue weighted by molar-refractivity contribution is 6.02. The van der Waals surface area contributed by atoms with Gasteiger partial charge in [-0.05, 0) is 134 Å². The van der Waals surface area contributed by atoms with Crippen LogP contribution in [0.5, 0.6) is 0 Å². The van der Waals surface area contributed by atoms with Crippen LogP contribution >= 0.6 is 0 Å². The molecule has 3 atom stereocenters. The quantitative estimate of drug-likeness (QED) is 0.0280. The lowest BCUT2D eigenvalue weighted by molar-refractivity contribution is -0.155. The Morgan fingerprint density at radius 3 is 1.69 bits per heavy atom. The van der Waals surface area contributed by atoms with Gasteiger partial charge in [-0.2, -0.15) is 0 Å². The maximum atomic E-state index is 13.3. The molecule has 4 N–H and O–H groups in total. The lowest BCUT2D eigenvalue weighted by Crippen LogP contribution is -2.44. The largest absolute Gasteiger partial charge is 0.460 e. The molecule has 0 saturated carbocycles. The summed E-state index contributed by atoms with van der Waals surface area (Å²) >= 11 is 0. The van der Waals surface area contributed by atoms with Gasteiger partial charge in [-0.3, -0.25) is 28.8 Å². The number of ketones is 2. The smallest absolute Gasteiger partial charge is 0.339 e. The van der Waals surface area contributed by atoms with Crippen LogP contribution in [0.15, 0.2) is 93.7 Å². The van der Waals surface area contributed by atoms with Crippen LogP contribution in [0.25, 0.3) is 0 Å². The zero-order chi connectivity index (χ0) is 53.2. The van der Waals surface area contributed by atoms with Gasteiger partial charge in [0.2, 0.25) is 0 Å². The number of hydrogen-bond acceptors (Lipinski definition) is 11. The van der Waals surface area contributed by atoms with Gasteiger partial charge in [0.15, 0.2) is 23.8 Å². The average Bonchev–Trinajstić information content (AvgIpc) is 3.22. The van der Waals surface area contributed by atoms with Gasteiger partial charge in [-0.15, -0.1) is 0 Å². The molecule has 0 aromatic carbocycles. The Balaban J connectivity index is 1.89. The summed E-state index contributed by atoms with van der Waals surface area (Å²) in [5.41, 5.74) is 6.16. The van der Waals surface area contributed by atoms with E-state index in [-0.39, 0.29) is 30.5 Å². The summed E-state index contributed by atoms with van der Waals surface area (Å²) in [6.07, 6.45) is 19.5. The summed E-state index contributed by atoms with van der Waals surface area (Å²) < 4.78 is 16.3. The second kappa shape index (κ2) is 27.0. The van der Waals surface area contributed by atoms with Crippen molar-refractivity contribution in [3.8, 4) is 0 Å². The average molecular weight is 975 g/mol. The summed E-state index contributed by atoms with van der Waals surface area (Å²) in [5.74, 6) is -1.98. The number of ether oxygens (including phenoxy) is 3. The third-order valence-electron chi connectivity index (χ3n) is 11.4. The van der Waals surface area contributed by atoms with Gasteiger partial charge >= 0.3 is 30.0 Å². The molecule has 2 aliphatic carbocycles. The van der Waals surface area contributed by atoms with Crippen molar-refractivity contribution in [3.63, 3.8) is 0 Å². The molecule has 0 aromatic rings. The molecule has 4 amide bonds.